The van der Waals surface area contributed by atoms with Crippen molar-refractivity contribution in [2.24, 2.45) is 11.8 Å². The number of carbonyl (C=O) groups is 1. The first-order chi connectivity index (χ1) is 10.1. The summed E-state index contributed by atoms with van der Waals surface area (Å²) in [4.78, 5) is 11.9. The van der Waals surface area contributed by atoms with E-state index in [0.717, 1.165) is 6.42 Å². The van der Waals surface area contributed by atoms with Gasteiger partial charge in [-0.15, -0.1) is 0 Å². The van der Waals surface area contributed by atoms with Crippen molar-refractivity contribution in [2.75, 3.05) is 12.4 Å². The van der Waals surface area contributed by atoms with Crippen molar-refractivity contribution in [1.82, 2.24) is 4.37 Å². The summed E-state index contributed by atoms with van der Waals surface area (Å²) < 4.78 is 22.8. The predicted octanol–water partition coefficient (Wildman–Crippen LogP) is 3.55. The number of rotatable bonds is 4. The Morgan fingerprint density at radius 3 is 2.86 bits per heavy atom. The van der Waals surface area contributed by atoms with Crippen LogP contribution in [0.3, 0.4) is 0 Å². The molecule has 6 heteroatoms. The molecule has 21 heavy (non-hydrogen) atoms. The van der Waals surface area contributed by atoms with Gasteiger partial charge in [0, 0.05) is 17.5 Å². The van der Waals surface area contributed by atoms with Crippen LogP contribution in [0.1, 0.15) is 13.3 Å². The van der Waals surface area contributed by atoms with Crippen molar-refractivity contribution in [3.8, 4) is 17.0 Å². The molecule has 2 atom stereocenters. The van der Waals surface area contributed by atoms with E-state index in [-0.39, 0.29) is 17.6 Å². The highest BCUT2D eigenvalue weighted by Gasteiger charge is 2.39. The number of ether oxygens (including phenoxy) is 1. The van der Waals surface area contributed by atoms with Gasteiger partial charge in [0.2, 0.25) is 5.91 Å². The van der Waals surface area contributed by atoms with Crippen LogP contribution in [0.2, 0.25) is 0 Å². The molecule has 1 fully saturated rings. The van der Waals surface area contributed by atoms with E-state index in [9.17, 15) is 9.18 Å². The Morgan fingerprint density at radius 2 is 2.24 bits per heavy atom. The van der Waals surface area contributed by atoms with Crippen molar-refractivity contribution in [3.63, 3.8) is 0 Å². The summed E-state index contributed by atoms with van der Waals surface area (Å²) in [5.41, 5.74) is 1.30. The predicted molar refractivity (Wildman–Crippen MR) is 80.0 cm³/mol. The first-order valence-electron chi connectivity index (χ1n) is 6.70. The fraction of sp³-hybridized carbons (Fsp3) is 0.333. The summed E-state index contributed by atoms with van der Waals surface area (Å²) >= 11 is 1.20. The summed E-state index contributed by atoms with van der Waals surface area (Å²) in [7, 11) is 1.42. The van der Waals surface area contributed by atoms with Crippen LogP contribution in [0, 0.1) is 17.7 Å². The summed E-state index contributed by atoms with van der Waals surface area (Å²) in [5, 5.41) is 3.55. The van der Waals surface area contributed by atoms with Gasteiger partial charge in [0.25, 0.3) is 0 Å². The van der Waals surface area contributed by atoms with Crippen LogP contribution in [0.25, 0.3) is 11.3 Å². The van der Waals surface area contributed by atoms with E-state index in [0.29, 0.717) is 22.2 Å². The van der Waals surface area contributed by atoms with Crippen molar-refractivity contribution in [2.45, 2.75) is 13.3 Å². The maximum absolute atomic E-state index is 13.7. The fourth-order valence-electron chi connectivity index (χ4n) is 2.20. The molecule has 0 saturated heterocycles. The molecular formula is C15H15FN2O2S. The zero-order valence-corrected chi connectivity index (χ0v) is 12.5. The normalized spacial score (nSPS) is 20.1. The van der Waals surface area contributed by atoms with Crippen molar-refractivity contribution < 1.29 is 13.9 Å². The van der Waals surface area contributed by atoms with Gasteiger partial charge >= 0.3 is 0 Å². The molecule has 1 aromatic carbocycles. The lowest BCUT2D eigenvalue weighted by molar-refractivity contribution is -0.117. The maximum Gasteiger partial charge on any atom is 0.228 e. The zero-order valence-electron chi connectivity index (χ0n) is 11.7. The van der Waals surface area contributed by atoms with Crippen LogP contribution < -0.4 is 10.1 Å². The van der Waals surface area contributed by atoms with Crippen molar-refractivity contribution in [1.29, 1.82) is 0 Å². The average molecular weight is 306 g/mol. The van der Waals surface area contributed by atoms with Gasteiger partial charge in [0.1, 0.15) is 5.00 Å². The number of nitrogens with one attached hydrogen (secondary N) is 1. The number of aromatic nitrogens is 1. The molecule has 1 aliphatic rings. The summed E-state index contributed by atoms with van der Waals surface area (Å²) in [6, 6.07) is 6.44. The van der Waals surface area contributed by atoms with E-state index in [1.54, 1.807) is 18.2 Å². The third kappa shape index (κ3) is 2.90. The summed E-state index contributed by atoms with van der Waals surface area (Å²) in [5.74, 6) is 0.395. The van der Waals surface area contributed by atoms with Gasteiger partial charge in [-0.2, -0.15) is 4.37 Å². The lowest BCUT2D eigenvalue weighted by Crippen LogP contribution is -2.13. The largest absolute Gasteiger partial charge is 0.494 e. The Kier molecular flexibility index (Phi) is 3.63. The number of carbonyl (C=O) groups excluding carboxylic acids is 1. The maximum atomic E-state index is 13.7. The van der Waals surface area contributed by atoms with E-state index >= 15 is 0 Å². The molecule has 0 unspecified atom stereocenters. The number of benzene rings is 1. The summed E-state index contributed by atoms with van der Waals surface area (Å²) in [6.45, 7) is 2.06. The minimum absolute atomic E-state index is 0.0404. The number of anilines is 1. The highest BCUT2D eigenvalue weighted by molar-refractivity contribution is 7.10. The molecule has 110 valence electrons. The topological polar surface area (TPSA) is 51.2 Å². The minimum atomic E-state index is -0.430. The molecule has 0 bridgehead atoms. The molecule has 0 aliphatic heterocycles. The molecule has 2 aromatic rings. The van der Waals surface area contributed by atoms with Gasteiger partial charge in [-0.1, -0.05) is 6.92 Å². The molecule has 1 saturated carbocycles. The molecular weight excluding hydrogens is 291 g/mol. The molecule has 4 nitrogen and oxygen atoms in total. The van der Waals surface area contributed by atoms with Crippen LogP contribution in [-0.2, 0) is 4.79 Å². The zero-order chi connectivity index (χ0) is 15.0. The van der Waals surface area contributed by atoms with Crippen LogP contribution in [0.15, 0.2) is 24.3 Å². The van der Waals surface area contributed by atoms with Crippen LogP contribution >= 0.6 is 11.5 Å². The SMILES string of the molecule is COc1ccc(-c2cc(NC(=O)[C@@H]3C[C@H]3C)sn2)cc1F. The van der Waals surface area contributed by atoms with Gasteiger partial charge in [0.15, 0.2) is 11.6 Å². The molecule has 1 amide bonds. The first kappa shape index (κ1) is 14.0. The Hall–Kier alpha value is -1.95. The molecule has 1 N–H and O–H groups in total. The molecule has 0 radical (unpaired) electrons. The minimum Gasteiger partial charge on any atom is -0.494 e. The number of nitrogens with zero attached hydrogens (tertiary/aromatic N) is 1. The number of halogens is 1. The molecule has 3 rings (SSSR count). The smallest absolute Gasteiger partial charge is 0.228 e. The van der Waals surface area contributed by atoms with E-state index in [1.165, 1.54) is 24.7 Å². The third-order valence-electron chi connectivity index (χ3n) is 3.65. The quantitative estimate of drug-likeness (QED) is 0.939. The molecule has 1 heterocycles. The average Bonchev–Trinajstić information content (AvgIpc) is 3.02. The lowest BCUT2D eigenvalue weighted by Gasteiger charge is -2.03. The Bertz CT molecular complexity index is 686. The monoisotopic (exact) mass is 306 g/mol. The Balaban J connectivity index is 1.75. The first-order valence-corrected chi connectivity index (χ1v) is 7.47. The Labute approximate surface area is 126 Å². The second-order valence-electron chi connectivity index (χ2n) is 5.23. The van der Waals surface area contributed by atoms with Gasteiger partial charge in [-0.25, -0.2) is 4.39 Å². The van der Waals surface area contributed by atoms with E-state index < -0.39 is 5.82 Å². The highest BCUT2D eigenvalue weighted by atomic mass is 32.1. The van der Waals surface area contributed by atoms with E-state index in [4.69, 9.17) is 4.74 Å². The van der Waals surface area contributed by atoms with Crippen LogP contribution in [-0.4, -0.2) is 17.4 Å². The van der Waals surface area contributed by atoms with E-state index in [2.05, 4.69) is 16.6 Å². The Morgan fingerprint density at radius 1 is 1.48 bits per heavy atom. The third-order valence-corrected chi connectivity index (χ3v) is 4.35. The van der Waals surface area contributed by atoms with Crippen molar-refractivity contribution >= 4 is 22.4 Å². The number of amides is 1. The van der Waals surface area contributed by atoms with Crippen molar-refractivity contribution in [3.05, 3.63) is 30.1 Å². The fourth-order valence-corrected chi connectivity index (χ4v) is 2.86. The van der Waals surface area contributed by atoms with E-state index in [1.807, 2.05) is 0 Å². The second-order valence-corrected chi connectivity index (χ2v) is 6.04. The van der Waals surface area contributed by atoms with Gasteiger partial charge in [-0.05, 0) is 42.1 Å². The number of methoxy groups -OCH3 is 1. The molecule has 1 aliphatic carbocycles. The van der Waals surface area contributed by atoms with Gasteiger partial charge in [-0.3, -0.25) is 4.79 Å². The lowest BCUT2D eigenvalue weighted by atomic mass is 10.1. The molecule has 1 aromatic heterocycles. The standard InChI is InChI=1S/C15H15FN2O2S/c1-8-5-10(8)15(19)17-14-7-12(18-21-14)9-3-4-13(20-2)11(16)6-9/h3-4,6-8,10H,5H2,1-2H3,(H,17,19)/t8-,10-/m1/s1. The number of hydrogen-bond acceptors (Lipinski definition) is 4. The second kappa shape index (κ2) is 5.44. The highest BCUT2D eigenvalue weighted by Crippen LogP contribution is 2.39. The summed E-state index contributed by atoms with van der Waals surface area (Å²) in [6.07, 6.45) is 0.946. The van der Waals surface area contributed by atoms with Gasteiger partial charge in [0.05, 0.1) is 12.8 Å². The number of hydrogen-bond donors (Lipinski definition) is 1. The van der Waals surface area contributed by atoms with Crippen LogP contribution in [0.4, 0.5) is 9.39 Å². The molecule has 0 spiro atoms. The van der Waals surface area contributed by atoms with Crippen LogP contribution in [0.5, 0.6) is 5.75 Å². The van der Waals surface area contributed by atoms with Gasteiger partial charge < -0.3 is 10.1 Å².